The van der Waals surface area contributed by atoms with Gasteiger partial charge in [-0.1, -0.05) is 18.5 Å². The molecule has 1 aliphatic heterocycles. The lowest BCUT2D eigenvalue weighted by Gasteiger charge is -2.33. The predicted molar refractivity (Wildman–Crippen MR) is 85.2 cm³/mol. The van der Waals surface area contributed by atoms with Gasteiger partial charge in [0.2, 0.25) is 0 Å². The fourth-order valence-electron chi connectivity index (χ4n) is 2.61. The van der Waals surface area contributed by atoms with Gasteiger partial charge in [0.05, 0.1) is 21.9 Å². The average molecular weight is 337 g/mol. The van der Waals surface area contributed by atoms with E-state index in [1.165, 1.54) is 11.3 Å². The number of hydrogen-bond donors (Lipinski definition) is 1. The van der Waals surface area contributed by atoms with Gasteiger partial charge < -0.3 is 5.73 Å². The molecule has 7 heteroatoms. The Hall–Kier alpha value is -0.140. The third-order valence-corrected chi connectivity index (χ3v) is 6.76. The lowest BCUT2D eigenvalue weighted by Crippen LogP contribution is -2.41. The second kappa shape index (κ2) is 6.75. The Kier molecular flexibility index (Phi) is 5.48. The molecule has 0 aromatic carbocycles. The van der Waals surface area contributed by atoms with Crippen LogP contribution >= 0.6 is 22.9 Å². The van der Waals surface area contributed by atoms with Gasteiger partial charge in [0.25, 0.3) is 0 Å². The quantitative estimate of drug-likeness (QED) is 0.916. The van der Waals surface area contributed by atoms with Gasteiger partial charge >= 0.3 is 0 Å². The summed E-state index contributed by atoms with van der Waals surface area (Å²) in [6.45, 7) is 3.38. The van der Waals surface area contributed by atoms with Gasteiger partial charge in [0, 0.05) is 17.5 Å². The molecule has 4 nitrogen and oxygen atoms in total. The van der Waals surface area contributed by atoms with Crippen LogP contribution in [0.5, 0.6) is 0 Å². The molecule has 1 aliphatic rings. The van der Waals surface area contributed by atoms with E-state index in [0.717, 1.165) is 22.2 Å². The minimum atomic E-state index is -2.90. The Morgan fingerprint density at radius 3 is 2.75 bits per heavy atom. The highest BCUT2D eigenvalue weighted by Crippen LogP contribution is 2.33. The number of rotatable bonds is 4. The van der Waals surface area contributed by atoms with Crippen molar-refractivity contribution < 1.29 is 8.42 Å². The number of halogens is 1. The molecule has 0 saturated carbocycles. The zero-order valence-electron chi connectivity index (χ0n) is 11.6. The van der Waals surface area contributed by atoms with Crippen molar-refractivity contribution in [1.82, 2.24) is 4.90 Å². The van der Waals surface area contributed by atoms with E-state index in [9.17, 15) is 8.42 Å². The first-order chi connectivity index (χ1) is 9.43. The minimum Gasteiger partial charge on any atom is -0.326 e. The molecule has 0 spiro atoms. The van der Waals surface area contributed by atoms with Crippen molar-refractivity contribution in [3.8, 4) is 0 Å². The van der Waals surface area contributed by atoms with E-state index in [0.29, 0.717) is 13.0 Å². The Balaban J connectivity index is 2.23. The van der Waals surface area contributed by atoms with E-state index in [-0.39, 0.29) is 23.6 Å². The molecule has 2 N–H and O–H groups in total. The zero-order chi connectivity index (χ0) is 14.8. The first-order valence-electron chi connectivity index (χ1n) is 6.88. The molecule has 0 aliphatic carbocycles. The second-order valence-electron chi connectivity index (χ2n) is 5.20. The third-order valence-electron chi connectivity index (χ3n) is 3.75. The van der Waals surface area contributed by atoms with E-state index in [4.69, 9.17) is 17.3 Å². The highest BCUT2D eigenvalue weighted by Gasteiger charge is 2.30. The number of hydrogen-bond acceptors (Lipinski definition) is 5. The molecule has 2 heterocycles. The first-order valence-corrected chi connectivity index (χ1v) is 9.90. The van der Waals surface area contributed by atoms with Crippen LogP contribution < -0.4 is 5.73 Å². The highest BCUT2D eigenvalue weighted by molar-refractivity contribution is 7.91. The van der Waals surface area contributed by atoms with Crippen molar-refractivity contribution in [2.45, 2.75) is 31.8 Å². The van der Waals surface area contributed by atoms with Gasteiger partial charge in [-0.2, -0.15) is 0 Å². The van der Waals surface area contributed by atoms with Crippen LogP contribution in [0.1, 0.15) is 30.7 Å². The first kappa shape index (κ1) is 16.2. The summed E-state index contributed by atoms with van der Waals surface area (Å²) in [6, 6.07) is 3.94. The summed E-state index contributed by atoms with van der Waals surface area (Å²) >= 11 is 7.57. The van der Waals surface area contributed by atoms with Crippen molar-refractivity contribution in [2.24, 2.45) is 5.73 Å². The van der Waals surface area contributed by atoms with Crippen LogP contribution in [0.15, 0.2) is 12.1 Å². The van der Waals surface area contributed by atoms with Gasteiger partial charge in [-0.25, -0.2) is 8.42 Å². The third kappa shape index (κ3) is 3.95. The van der Waals surface area contributed by atoms with Crippen LogP contribution in [-0.4, -0.2) is 44.0 Å². The van der Waals surface area contributed by atoms with Crippen molar-refractivity contribution in [1.29, 1.82) is 0 Å². The molecule has 114 valence electrons. The summed E-state index contributed by atoms with van der Waals surface area (Å²) in [6.07, 6.45) is 1.53. The maximum absolute atomic E-state index is 11.7. The van der Waals surface area contributed by atoms with Gasteiger partial charge in [-0.05, 0) is 31.5 Å². The van der Waals surface area contributed by atoms with Crippen molar-refractivity contribution in [3.05, 3.63) is 21.3 Å². The monoisotopic (exact) mass is 336 g/mol. The van der Waals surface area contributed by atoms with E-state index < -0.39 is 9.84 Å². The number of nitrogens with two attached hydrogens (primary N) is 1. The van der Waals surface area contributed by atoms with Crippen molar-refractivity contribution >= 4 is 32.8 Å². The molecule has 2 rings (SSSR count). The minimum absolute atomic E-state index is 0.00878. The molecule has 1 saturated heterocycles. The van der Waals surface area contributed by atoms with Crippen LogP contribution in [0.2, 0.25) is 4.34 Å². The van der Waals surface area contributed by atoms with E-state index in [2.05, 4.69) is 11.8 Å². The van der Waals surface area contributed by atoms with Crippen LogP contribution in [0.25, 0.3) is 0 Å². The molecule has 0 radical (unpaired) electrons. The lowest BCUT2D eigenvalue weighted by atomic mass is 10.0. The predicted octanol–water partition coefficient (Wildman–Crippen LogP) is 2.30. The topological polar surface area (TPSA) is 63.4 Å². The molecule has 0 amide bonds. The van der Waals surface area contributed by atoms with Crippen molar-refractivity contribution in [2.75, 3.05) is 24.6 Å². The van der Waals surface area contributed by atoms with Crippen molar-refractivity contribution in [3.63, 3.8) is 0 Å². The fourth-order valence-corrected chi connectivity index (χ4v) is 5.17. The molecule has 2 atom stereocenters. The van der Waals surface area contributed by atoms with E-state index >= 15 is 0 Å². The van der Waals surface area contributed by atoms with E-state index in [1.807, 2.05) is 12.1 Å². The Morgan fingerprint density at radius 1 is 1.40 bits per heavy atom. The number of nitrogens with zero attached hydrogens (tertiary/aromatic N) is 1. The maximum atomic E-state index is 11.7. The smallest absolute Gasteiger partial charge is 0.151 e. The molecular formula is C13H21ClN2O2S2. The summed E-state index contributed by atoms with van der Waals surface area (Å²) in [5, 5.41) is 0. The second-order valence-corrected chi connectivity index (χ2v) is 9.25. The number of thiophene rings is 1. The standard InChI is InChI=1S/C13H21ClN2O2S2/c1-2-10(15)13(11-4-5-12(14)19-11)16-6-3-8-20(17,18)9-7-16/h4-5,10,13H,2-3,6-9,15H2,1H3. The Bertz CT molecular complexity index is 544. The summed E-state index contributed by atoms with van der Waals surface area (Å²) in [4.78, 5) is 3.34. The van der Waals surface area contributed by atoms with Crippen LogP contribution in [0.3, 0.4) is 0 Å². The number of sulfone groups is 1. The van der Waals surface area contributed by atoms with Gasteiger partial charge in [-0.15, -0.1) is 11.3 Å². The van der Waals surface area contributed by atoms with E-state index in [1.54, 1.807) is 0 Å². The Morgan fingerprint density at radius 2 is 2.15 bits per heavy atom. The van der Waals surface area contributed by atoms with Gasteiger partial charge in [-0.3, -0.25) is 4.90 Å². The fraction of sp³-hybridized carbons (Fsp3) is 0.692. The molecular weight excluding hydrogens is 316 g/mol. The van der Waals surface area contributed by atoms with Crippen LogP contribution in [0.4, 0.5) is 0 Å². The Labute approximate surface area is 129 Å². The van der Waals surface area contributed by atoms with Gasteiger partial charge in [0.1, 0.15) is 0 Å². The van der Waals surface area contributed by atoms with Crippen LogP contribution in [-0.2, 0) is 9.84 Å². The maximum Gasteiger partial charge on any atom is 0.151 e. The normalized spacial score (nSPS) is 23.1. The zero-order valence-corrected chi connectivity index (χ0v) is 14.0. The van der Waals surface area contributed by atoms with Crippen LogP contribution in [0, 0.1) is 0 Å². The van der Waals surface area contributed by atoms with Gasteiger partial charge in [0.15, 0.2) is 9.84 Å². The summed E-state index contributed by atoms with van der Waals surface area (Å²) in [7, 11) is -2.90. The largest absolute Gasteiger partial charge is 0.326 e. The average Bonchev–Trinajstić information content (AvgIpc) is 2.73. The highest BCUT2D eigenvalue weighted by atomic mass is 35.5. The molecule has 20 heavy (non-hydrogen) atoms. The molecule has 0 bridgehead atoms. The molecule has 1 aromatic rings. The summed E-state index contributed by atoms with van der Waals surface area (Å²) in [5.74, 6) is 0.502. The molecule has 2 unspecified atom stereocenters. The molecule has 1 aromatic heterocycles. The SMILES string of the molecule is CCC(N)C(c1ccc(Cl)s1)N1CCCS(=O)(=O)CC1. The summed E-state index contributed by atoms with van der Waals surface area (Å²) < 4.78 is 24.2. The lowest BCUT2D eigenvalue weighted by molar-refractivity contribution is 0.185. The summed E-state index contributed by atoms with van der Waals surface area (Å²) in [5.41, 5.74) is 6.28. The molecule has 1 fully saturated rings.